The molecule has 0 aromatic rings. The third kappa shape index (κ3) is 5.28. The lowest BCUT2D eigenvalue weighted by Crippen LogP contribution is -2.74. The molecular formula is C25H26F17IO2. The van der Waals surface area contributed by atoms with E-state index in [2.05, 4.69) is 0 Å². The summed E-state index contributed by atoms with van der Waals surface area (Å²) in [5.74, 6) is -59.4. The van der Waals surface area contributed by atoms with Gasteiger partial charge in [0.2, 0.25) is 0 Å². The van der Waals surface area contributed by atoms with Crippen LogP contribution in [0.15, 0.2) is 0 Å². The Labute approximate surface area is 258 Å². The highest BCUT2D eigenvalue weighted by molar-refractivity contribution is 14.1. The van der Waals surface area contributed by atoms with Gasteiger partial charge in [-0.1, -0.05) is 36.4 Å². The molecule has 0 radical (unpaired) electrons. The molecule has 4 saturated carbocycles. The predicted octanol–water partition coefficient (Wildman–Crippen LogP) is 9.97. The van der Waals surface area contributed by atoms with Crippen LogP contribution in [0.1, 0.15) is 59.3 Å². The van der Waals surface area contributed by atoms with E-state index in [4.69, 9.17) is 4.74 Å². The molecule has 0 amide bonds. The smallest absolute Gasteiger partial charge is 0.457 e. The average molecular weight is 808 g/mol. The van der Waals surface area contributed by atoms with Crippen molar-refractivity contribution < 1.29 is 84.2 Å². The van der Waals surface area contributed by atoms with Crippen molar-refractivity contribution in [3.63, 3.8) is 0 Å². The van der Waals surface area contributed by atoms with Crippen LogP contribution in [-0.4, -0.2) is 62.6 Å². The molecule has 0 aliphatic heterocycles. The first kappa shape index (κ1) is 38.5. The van der Waals surface area contributed by atoms with Crippen LogP contribution in [0.5, 0.6) is 0 Å². The van der Waals surface area contributed by atoms with Gasteiger partial charge >= 0.3 is 53.6 Å². The van der Waals surface area contributed by atoms with Gasteiger partial charge in [0, 0.05) is 6.42 Å². The van der Waals surface area contributed by atoms with Crippen LogP contribution >= 0.6 is 22.6 Å². The van der Waals surface area contributed by atoms with Gasteiger partial charge in [0.05, 0.1) is 0 Å². The van der Waals surface area contributed by atoms with E-state index in [9.17, 15) is 79.4 Å². The van der Waals surface area contributed by atoms with E-state index >= 15 is 0 Å². The van der Waals surface area contributed by atoms with E-state index in [0.29, 0.717) is 32.6 Å². The van der Waals surface area contributed by atoms with E-state index < -0.39 is 75.0 Å². The van der Waals surface area contributed by atoms with Crippen LogP contribution < -0.4 is 0 Å². The van der Waals surface area contributed by atoms with Crippen LogP contribution in [0, 0.1) is 29.6 Å². The molecule has 0 aromatic carbocycles. The van der Waals surface area contributed by atoms with Gasteiger partial charge in [-0.25, -0.2) is 0 Å². The van der Waals surface area contributed by atoms with Crippen molar-refractivity contribution in [1.29, 1.82) is 0 Å². The summed E-state index contributed by atoms with van der Waals surface area (Å²) in [7, 11) is 0. The number of ether oxygens (including phenoxy) is 1. The van der Waals surface area contributed by atoms with Crippen LogP contribution in [-0.2, 0) is 9.53 Å². The highest BCUT2D eigenvalue weighted by atomic mass is 127. The molecule has 0 aromatic heterocycles. The number of carbonyl (C=O) groups excluding carboxylic acids is 1. The van der Waals surface area contributed by atoms with Gasteiger partial charge < -0.3 is 4.74 Å². The van der Waals surface area contributed by atoms with Crippen molar-refractivity contribution in [3.8, 4) is 0 Å². The minimum Gasteiger partial charge on any atom is -0.457 e. The van der Waals surface area contributed by atoms with E-state index in [0.717, 1.165) is 29.0 Å². The average Bonchev–Trinajstić information content (AvgIpc) is 2.83. The second-order valence-corrected chi connectivity index (χ2v) is 15.1. The van der Waals surface area contributed by atoms with E-state index in [1.165, 1.54) is 0 Å². The molecule has 264 valence electrons. The lowest BCUT2D eigenvalue weighted by molar-refractivity contribution is -0.461. The number of alkyl halides is 18. The number of hydrogen-bond acceptors (Lipinski definition) is 2. The van der Waals surface area contributed by atoms with Crippen LogP contribution in [0.3, 0.4) is 0 Å². The second kappa shape index (κ2) is 10.8. The van der Waals surface area contributed by atoms with Crippen LogP contribution in [0.25, 0.3) is 0 Å². The zero-order valence-electron chi connectivity index (χ0n) is 23.2. The summed E-state index contributed by atoms with van der Waals surface area (Å²) >= 11 is 0.735. The number of hydrogen-bond donors (Lipinski definition) is 0. The van der Waals surface area contributed by atoms with Crippen molar-refractivity contribution in [1.82, 2.24) is 0 Å². The standard InChI is InChI=1S/C25H26F17IO2/c1-10(2)18(13-5-11-4-12(7-13)8-14(18)6-11)45-15(44)16(3,43)9-17(26,27)19(28,29)20(30,31)21(32,33)22(34,35)23(36,37)24(38,39)25(40,41)42/h10-14H,4-9H2,1-3H3. The Morgan fingerprint density at radius 1 is 0.644 bits per heavy atom. The molecule has 4 bridgehead atoms. The highest BCUT2D eigenvalue weighted by Crippen LogP contribution is 2.65. The van der Waals surface area contributed by atoms with Gasteiger partial charge in [0.1, 0.15) is 9.02 Å². The number of rotatable bonds is 11. The van der Waals surface area contributed by atoms with E-state index in [-0.39, 0.29) is 23.7 Å². The molecule has 4 aliphatic carbocycles. The third-order valence-electron chi connectivity index (χ3n) is 9.35. The van der Waals surface area contributed by atoms with Crippen molar-refractivity contribution >= 4 is 28.6 Å². The Morgan fingerprint density at radius 2 is 0.978 bits per heavy atom. The van der Waals surface area contributed by atoms with Crippen molar-refractivity contribution in [3.05, 3.63) is 0 Å². The summed E-state index contributed by atoms with van der Waals surface area (Å²) in [5.41, 5.74) is -1.33. The first-order chi connectivity index (χ1) is 19.7. The molecule has 20 heteroatoms. The monoisotopic (exact) mass is 808 g/mol. The summed E-state index contributed by atoms with van der Waals surface area (Å²) in [6.45, 7) is 3.65. The fraction of sp³-hybridized carbons (Fsp3) is 0.960. The largest absolute Gasteiger partial charge is 0.460 e. The molecule has 0 saturated heterocycles. The Bertz CT molecular complexity index is 1120. The molecule has 1 atom stereocenters. The number of halogens is 18. The second-order valence-electron chi connectivity index (χ2n) is 12.7. The maximum absolute atomic E-state index is 14.8. The Morgan fingerprint density at radius 3 is 1.31 bits per heavy atom. The van der Waals surface area contributed by atoms with Gasteiger partial charge in [-0.05, 0) is 68.6 Å². The quantitative estimate of drug-likeness (QED) is 0.0900. The zero-order chi connectivity index (χ0) is 35.4. The third-order valence-corrected chi connectivity index (χ3v) is 10.2. The molecule has 2 nitrogen and oxygen atoms in total. The summed E-state index contributed by atoms with van der Waals surface area (Å²) in [5, 5.41) is 0. The predicted molar refractivity (Wildman–Crippen MR) is 128 cm³/mol. The summed E-state index contributed by atoms with van der Waals surface area (Å²) in [6, 6.07) is 0. The molecular weight excluding hydrogens is 782 g/mol. The fourth-order valence-electron chi connectivity index (χ4n) is 7.21. The lowest BCUT2D eigenvalue weighted by atomic mass is 9.47. The number of carbonyl (C=O) groups is 1. The van der Waals surface area contributed by atoms with E-state index in [1.54, 1.807) is 13.8 Å². The van der Waals surface area contributed by atoms with Crippen molar-refractivity contribution in [2.75, 3.05) is 0 Å². The number of esters is 1. The Balaban J connectivity index is 1.94. The molecule has 4 fully saturated rings. The SMILES string of the molecule is CC(C)C1(OC(=O)C(C)(I)CC(F)(F)C(F)(F)C(F)(F)C(F)(F)C(F)(F)C(F)(F)C(F)(F)C(F)(F)F)C2CC3CC(C2)CC1C3. The van der Waals surface area contributed by atoms with Crippen molar-refractivity contribution in [2.45, 2.75) is 116 Å². The minimum atomic E-state index is -8.70. The first-order valence-corrected chi connectivity index (χ1v) is 14.4. The summed E-state index contributed by atoms with van der Waals surface area (Å²) < 4.78 is 235. The van der Waals surface area contributed by atoms with E-state index in [1.807, 2.05) is 0 Å². The highest BCUT2D eigenvalue weighted by Gasteiger charge is 2.95. The maximum atomic E-state index is 14.8. The van der Waals surface area contributed by atoms with Crippen LogP contribution in [0.2, 0.25) is 0 Å². The minimum absolute atomic E-state index is 0.262. The Hall–Kier alpha value is -0.990. The normalized spacial score (nSPS) is 30.1. The fourth-order valence-corrected chi connectivity index (χ4v) is 7.80. The Kier molecular flexibility index (Phi) is 9.19. The van der Waals surface area contributed by atoms with Gasteiger partial charge in [-0.3, -0.25) is 4.79 Å². The molecule has 0 N–H and O–H groups in total. The molecule has 0 heterocycles. The summed E-state index contributed by atoms with van der Waals surface area (Å²) in [6.07, 6.45) is -7.57. The summed E-state index contributed by atoms with van der Waals surface area (Å²) in [4.78, 5) is 13.2. The van der Waals surface area contributed by atoms with Crippen LogP contribution in [0.4, 0.5) is 74.6 Å². The lowest BCUT2D eigenvalue weighted by Gasteiger charge is -2.62. The topological polar surface area (TPSA) is 26.3 Å². The van der Waals surface area contributed by atoms with Crippen molar-refractivity contribution in [2.24, 2.45) is 29.6 Å². The molecule has 45 heavy (non-hydrogen) atoms. The maximum Gasteiger partial charge on any atom is 0.460 e. The molecule has 0 spiro atoms. The van der Waals surface area contributed by atoms with Gasteiger partial charge in [-0.2, -0.15) is 74.6 Å². The van der Waals surface area contributed by atoms with Gasteiger partial charge in [0.15, 0.2) is 0 Å². The first-order valence-electron chi connectivity index (χ1n) is 13.3. The van der Waals surface area contributed by atoms with Gasteiger partial charge in [0.25, 0.3) is 0 Å². The zero-order valence-corrected chi connectivity index (χ0v) is 25.4. The molecule has 4 rings (SSSR count). The molecule has 4 aliphatic rings. The van der Waals surface area contributed by atoms with Gasteiger partial charge in [-0.15, -0.1) is 0 Å². The molecule has 1 unspecified atom stereocenters.